The summed E-state index contributed by atoms with van der Waals surface area (Å²) in [6.07, 6.45) is 3.71. The fourth-order valence-electron chi connectivity index (χ4n) is 1.73. The van der Waals surface area contributed by atoms with Gasteiger partial charge in [0.25, 0.3) is 0 Å². The highest BCUT2D eigenvalue weighted by atomic mass is 35.5. The van der Waals surface area contributed by atoms with E-state index in [1.54, 1.807) is 24.3 Å². The SMILES string of the molecule is C/C=C(/OP(=O)(CC)CCC)c1ccc(Cl)cc1Cl.CC. The molecular formula is C16H25Cl2O2P. The summed E-state index contributed by atoms with van der Waals surface area (Å²) >= 11 is 12.0. The molecule has 0 fully saturated rings. The molecule has 0 aliphatic heterocycles. The van der Waals surface area contributed by atoms with Gasteiger partial charge in [-0.1, -0.05) is 50.9 Å². The fraction of sp³-hybridized carbons (Fsp3) is 0.500. The zero-order chi connectivity index (χ0) is 16.5. The third-order valence-corrected chi connectivity index (χ3v) is 5.94. The van der Waals surface area contributed by atoms with Gasteiger partial charge < -0.3 is 4.52 Å². The van der Waals surface area contributed by atoms with E-state index >= 15 is 0 Å². The summed E-state index contributed by atoms with van der Waals surface area (Å²) in [7, 11) is -2.63. The number of benzene rings is 1. The van der Waals surface area contributed by atoms with Gasteiger partial charge in [0.05, 0.1) is 5.02 Å². The van der Waals surface area contributed by atoms with Gasteiger partial charge in [0.1, 0.15) is 5.76 Å². The number of hydrogen-bond acceptors (Lipinski definition) is 2. The number of rotatable bonds is 6. The van der Waals surface area contributed by atoms with Crippen LogP contribution in [0.3, 0.4) is 0 Å². The van der Waals surface area contributed by atoms with Crippen molar-refractivity contribution in [2.24, 2.45) is 0 Å². The molecule has 0 saturated heterocycles. The summed E-state index contributed by atoms with van der Waals surface area (Å²) in [5, 5.41) is 1.07. The molecule has 1 atom stereocenters. The number of hydrogen-bond donors (Lipinski definition) is 0. The maximum absolute atomic E-state index is 12.6. The van der Waals surface area contributed by atoms with E-state index in [0.717, 1.165) is 12.0 Å². The first-order valence-electron chi connectivity index (χ1n) is 7.35. The molecule has 1 rings (SSSR count). The fourth-order valence-corrected chi connectivity index (χ4v) is 4.02. The lowest BCUT2D eigenvalue weighted by Crippen LogP contribution is -1.98. The second kappa shape index (κ2) is 10.3. The molecule has 0 spiro atoms. The molecule has 0 aliphatic carbocycles. The van der Waals surface area contributed by atoms with Crippen molar-refractivity contribution in [3.63, 3.8) is 0 Å². The quantitative estimate of drug-likeness (QED) is 0.403. The first kappa shape index (κ1) is 20.6. The summed E-state index contributed by atoms with van der Waals surface area (Å²) in [6, 6.07) is 5.18. The van der Waals surface area contributed by atoms with Gasteiger partial charge in [-0.15, -0.1) is 0 Å². The van der Waals surface area contributed by atoms with Gasteiger partial charge in [0, 0.05) is 22.9 Å². The van der Waals surface area contributed by atoms with Crippen molar-refractivity contribution in [1.82, 2.24) is 0 Å². The van der Waals surface area contributed by atoms with Gasteiger partial charge in [-0.05, 0) is 37.6 Å². The van der Waals surface area contributed by atoms with Gasteiger partial charge in [-0.3, -0.25) is 4.57 Å². The van der Waals surface area contributed by atoms with Crippen LogP contribution in [0.5, 0.6) is 0 Å². The maximum Gasteiger partial charge on any atom is 0.247 e. The molecule has 0 aliphatic rings. The van der Waals surface area contributed by atoms with E-state index in [2.05, 4.69) is 0 Å². The Labute approximate surface area is 138 Å². The average molecular weight is 351 g/mol. The van der Waals surface area contributed by atoms with Crippen LogP contribution in [-0.2, 0) is 9.09 Å². The number of allylic oxidation sites excluding steroid dienone is 1. The first-order valence-corrected chi connectivity index (χ1v) is 10.1. The summed E-state index contributed by atoms with van der Waals surface area (Å²) < 4.78 is 18.3. The monoisotopic (exact) mass is 350 g/mol. The zero-order valence-electron chi connectivity index (χ0n) is 13.5. The molecule has 0 radical (unpaired) electrons. The van der Waals surface area contributed by atoms with E-state index in [0.29, 0.717) is 28.1 Å². The standard InChI is InChI=1S/C14H19Cl2O2P.C2H6/c1-4-9-19(17,6-3)18-14(5-2)12-8-7-11(15)10-13(12)16;1-2/h5,7-8,10H,4,6,9H2,1-3H3;1-2H3/b14-5+;. The van der Waals surface area contributed by atoms with E-state index in [-0.39, 0.29) is 0 Å². The topological polar surface area (TPSA) is 26.3 Å². The van der Waals surface area contributed by atoms with Crippen molar-refractivity contribution in [3.8, 4) is 0 Å². The molecule has 0 bridgehead atoms. The Kier molecular flexibility index (Phi) is 10.1. The molecule has 1 aromatic carbocycles. The Morgan fingerprint density at radius 2 is 1.90 bits per heavy atom. The molecule has 0 heterocycles. The van der Waals surface area contributed by atoms with Crippen LogP contribution >= 0.6 is 30.6 Å². The third kappa shape index (κ3) is 6.46. The minimum atomic E-state index is -2.63. The molecule has 0 saturated carbocycles. The van der Waals surface area contributed by atoms with E-state index in [1.807, 2.05) is 34.6 Å². The molecule has 1 unspecified atom stereocenters. The molecule has 2 nitrogen and oxygen atoms in total. The van der Waals surface area contributed by atoms with Crippen molar-refractivity contribution in [1.29, 1.82) is 0 Å². The number of halogens is 2. The Balaban J connectivity index is 0.00000191. The molecule has 21 heavy (non-hydrogen) atoms. The van der Waals surface area contributed by atoms with Gasteiger partial charge in [0.2, 0.25) is 7.37 Å². The van der Waals surface area contributed by atoms with Crippen LogP contribution in [0, 0.1) is 0 Å². The molecule has 120 valence electrons. The van der Waals surface area contributed by atoms with Gasteiger partial charge in [-0.2, -0.15) is 0 Å². The second-order valence-corrected chi connectivity index (χ2v) is 7.96. The molecule has 0 aromatic heterocycles. The highest BCUT2D eigenvalue weighted by Crippen LogP contribution is 2.51. The zero-order valence-corrected chi connectivity index (χ0v) is 15.9. The largest absolute Gasteiger partial charge is 0.442 e. The molecule has 5 heteroatoms. The van der Waals surface area contributed by atoms with Gasteiger partial charge >= 0.3 is 0 Å². The minimum absolute atomic E-state index is 0.500. The maximum atomic E-state index is 12.6. The Hall–Kier alpha value is -0.430. The lowest BCUT2D eigenvalue weighted by atomic mass is 10.2. The lowest BCUT2D eigenvalue weighted by Gasteiger charge is -2.20. The summed E-state index contributed by atoms with van der Waals surface area (Å²) in [5.41, 5.74) is 0.721. The minimum Gasteiger partial charge on any atom is -0.442 e. The van der Waals surface area contributed by atoms with E-state index in [4.69, 9.17) is 27.7 Å². The summed E-state index contributed by atoms with van der Waals surface area (Å²) in [4.78, 5) is 0. The predicted octanol–water partition coefficient (Wildman–Crippen LogP) is 7.11. The smallest absolute Gasteiger partial charge is 0.247 e. The summed E-state index contributed by atoms with van der Waals surface area (Å²) in [6.45, 7) is 9.72. The Bertz CT molecular complexity index is 513. The van der Waals surface area contributed by atoms with Crippen molar-refractivity contribution < 1.29 is 9.09 Å². The Morgan fingerprint density at radius 1 is 1.29 bits per heavy atom. The normalized spacial score (nSPS) is 14.0. The molecule has 0 amide bonds. The average Bonchev–Trinajstić information content (AvgIpc) is 2.48. The highest BCUT2D eigenvalue weighted by Gasteiger charge is 2.23. The van der Waals surface area contributed by atoms with Crippen LogP contribution in [0.25, 0.3) is 5.76 Å². The molecular weight excluding hydrogens is 326 g/mol. The van der Waals surface area contributed by atoms with E-state index < -0.39 is 7.37 Å². The van der Waals surface area contributed by atoms with Crippen LogP contribution < -0.4 is 0 Å². The van der Waals surface area contributed by atoms with Crippen molar-refractivity contribution in [2.75, 3.05) is 12.3 Å². The molecule has 1 aromatic rings. The predicted molar refractivity (Wildman–Crippen MR) is 95.9 cm³/mol. The first-order chi connectivity index (χ1) is 9.95. The van der Waals surface area contributed by atoms with Gasteiger partial charge in [0.15, 0.2) is 0 Å². The van der Waals surface area contributed by atoms with Crippen LogP contribution in [0.1, 0.15) is 46.6 Å². The molecule has 0 N–H and O–H groups in total. The van der Waals surface area contributed by atoms with Crippen LogP contribution in [0.2, 0.25) is 10.0 Å². The van der Waals surface area contributed by atoms with Crippen LogP contribution in [0.15, 0.2) is 24.3 Å². The Morgan fingerprint density at radius 3 is 2.33 bits per heavy atom. The third-order valence-electron chi connectivity index (χ3n) is 2.77. The van der Waals surface area contributed by atoms with E-state index in [1.165, 1.54) is 0 Å². The van der Waals surface area contributed by atoms with Crippen molar-refractivity contribution >= 4 is 36.3 Å². The lowest BCUT2D eigenvalue weighted by molar-refractivity contribution is 0.459. The van der Waals surface area contributed by atoms with Crippen LogP contribution in [-0.4, -0.2) is 12.3 Å². The van der Waals surface area contributed by atoms with Gasteiger partial charge in [-0.25, -0.2) is 0 Å². The highest BCUT2D eigenvalue weighted by molar-refractivity contribution is 7.59. The summed E-state index contributed by atoms with van der Waals surface area (Å²) in [5.74, 6) is 0.556. The van der Waals surface area contributed by atoms with E-state index in [9.17, 15) is 4.57 Å². The van der Waals surface area contributed by atoms with Crippen LogP contribution in [0.4, 0.5) is 0 Å². The van der Waals surface area contributed by atoms with Crippen molar-refractivity contribution in [3.05, 3.63) is 39.9 Å². The second-order valence-electron chi connectivity index (χ2n) is 4.22. The van der Waals surface area contributed by atoms with Crippen molar-refractivity contribution in [2.45, 2.75) is 41.0 Å².